The third-order valence-electron chi connectivity index (χ3n) is 5.06. The molecule has 2 aromatic rings. The molecule has 0 bridgehead atoms. The van der Waals surface area contributed by atoms with Crippen LogP contribution in [0, 0.1) is 0 Å². The van der Waals surface area contributed by atoms with Gasteiger partial charge in [0.15, 0.2) is 11.5 Å². The maximum absolute atomic E-state index is 12.9. The summed E-state index contributed by atoms with van der Waals surface area (Å²) in [5, 5.41) is 9.04. The summed E-state index contributed by atoms with van der Waals surface area (Å²) in [5.74, 6) is 1.06. The summed E-state index contributed by atoms with van der Waals surface area (Å²) in [6.07, 6.45) is -0.350. The molecular weight excluding hydrogens is 386 g/mol. The van der Waals surface area contributed by atoms with Crippen LogP contribution in [0.25, 0.3) is 0 Å². The minimum Gasteiger partial charge on any atom is -0.493 e. The molecule has 0 spiro atoms. The van der Waals surface area contributed by atoms with Crippen molar-refractivity contribution >= 4 is 11.8 Å². The van der Waals surface area contributed by atoms with Crippen molar-refractivity contribution in [3.8, 4) is 17.2 Å². The van der Waals surface area contributed by atoms with E-state index in [2.05, 4.69) is 16.0 Å². The molecule has 1 saturated heterocycles. The second-order valence-corrected chi connectivity index (χ2v) is 7.02. The molecule has 0 saturated carbocycles. The molecule has 0 aromatic heterocycles. The molecule has 2 amide bonds. The molecule has 1 heterocycles. The van der Waals surface area contributed by atoms with E-state index >= 15 is 0 Å². The molecule has 8 heteroatoms. The Morgan fingerprint density at radius 2 is 1.70 bits per heavy atom. The first-order chi connectivity index (χ1) is 14.5. The van der Waals surface area contributed by atoms with E-state index in [1.165, 1.54) is 7.11 Å². The van der Waals surface area contributed by atoms with Crippen LogP contribution in [0.2, 0.25) is 0 Å². The van der Waals surface area contributed by atoms with Gasteiger partial charge in [-0.3, -0.25) is 14.9 Å². The molecule has 3 atom stereocenters. The Morgan fingerprint density at radius 3 is 2.27 bits per heavy atom. The first kappa shape index (κ1) is 21.4. The normalized spacial score (nSPS) is 19.4. The lowest BCUT2D eigenvalue weighted by molar-refractivity contribution is -0.132. The molecule has 8 nitrogen and oxygen atoms in total. The van der Waals surface area contributed by atoms with Gasteiger partial charge in [0.05, 0.1) is 39.8 Å². The molecule has 30 heavy (non-hydrogen) atoms. The van der Waals surface area contributed by atoms with Crippen molar-refractivity contribution in [2.75, 3.05) is 21.3 Å². The Labute approximate surface area is 175 Å². The Bertz CT molecular complexity index is 878. The largest absolute Gasteiger partial charge is 0.493 e. The average Bonchev–Trinajstić information content (AvgIpc) is 2.77. The summed E-state index contributed by atoms with van der Waals surface area (Å²) in [6.45, 7) is 1.86. The molecule has 160 valence electrons. The van der Waals surface area contributed by atoms with E-state index in [0.717, 1.165) is 11.1 Å². The number of carbonyl (C=O) groups is 2. The number of ether oxygens (including phenoxy) is 3. The van der Waals surface area contributed by atoms with Crippen LogP contribution >= 0.6 is 0 Å². The molecule has 0 aliphatic carbocycles. The van der Waals surface area contributed by atoms with Gasteiger partial charge in [-0.1, -0.05) is 30.3 Å². The summed E-state index contributed by atoms with van der Waals surface area (Å²) in [6, 6.07) is 12.1. The highest BCUT2D eigenvalue weighted by atomic mass is 16.5. The van der Waals surface area contributed by atoms with Gasteiger partial charge in [-0.05, 0) is 30.2 Å². The number of hydrogen-bond donors (Lipinski definition) is 3. The Kier molecular flexibility index (Phi) is 6.79. The van der Waals surface area contributed by atoms with Gasteiger partial charge in [0.2, 0.25) is 17.6 Å². The van der Waals surface area contributed by atoms with E-state index in [0.29, 0.717) is 17.2 Å². The number of hydrogen-bond acceptors (Lipinski definition) is 6. The predicted octanol–water partition coefficient (Wildman–Crippen LogP) is 2.07. The molecule has 1 fully saturated rings. The van der Waals surface area contributed by atoms with E-state index in [1.807, 2.05) is 37.3 Å². The Balaban J connectivity index is 1.74. The van der Waals surface area contributed by atoms with E-state index in [1.54, 1.807) is 26.4 Å². The van der Waals surface area contributed by atoms with Gasteiger partial charge >= 0.3 is 0 Å². The maximum atomic E-state index is 12.9. The molecule has 3 N–H and O–H groups in total. The van der Waals surface area contributed by atoms with Crippen molar-refractivity contribution in [1.29, 1.82) is 0 Å². The van der Waals surface area contributed by atoms with E-state index < -0.39 is 12.2 Å². The van der Waals surface area contributed by atoms with Crippen LogP contribution in [0.4, 0.5) is 0 Å². The fraction of sp³-hybridized carbons (Fsp3) is 0.364. The van der Waals surface area contributed by atoms with Gasteiger partial charge < -0.3 is 24.8 Å². The number of nitrogens with one attached hydrogen (secondary N) is 3. The van der Waals surface area contributed by atoms with Gasteiger partial charge in [-0.25, -0.2) is 0 Å². The number of amides is 2. The van der Waals surface area contributed by atoms with E-state index in [4.69, 9.17) is 14.2 Å². The highest BCUT2D eigenvalue weighted by molar-refractivity contribution is 5.90. The topological polar surface area (TPSA) is 97.9 Å². The van der Waals surface area contributed by atoms with Gasteiger partial charge in [0, 0.05) is 0 Å². The van der Waals surface area contributed by atoms with Gasteiger partial charge in [0.1, 0.15) is 6.17 Å². The second-order valence-electron chi connectivity index (χ2n) is 7.02. The fourth-order valence-electron chi connectivity index (χ4n) is 3.45. The highest BCUT2D eigenvalue weighted by Gasteiger charge is 2.32. The van der Waals surface area contributed by atoms with Crippen molar-refractivity contribution in [2.45, 2.75) is 31.6 Å². The number of benzene rings is 2. The lowest BCUT2D eigenvalue weighted by Crippen LogP contribution is -2.56. The predicted molar refractivity (Wildman–Crippen MR) is 112 cm³/mol. The number of carbonyl (C=O) groups excluding carboxylic acids is 2. The van der Waals surface area contributed by atoms with Crippen molar-refractivity contribution in [3.05, 3.63) is 53.6 Å². The molecule has 2 aromatic carbocycles. The van der Waals surface area contributed by atoms with Gasteiger partial charge in [-0.2, -0.15) is 0 Å². The zero-order valence-electron chi connectivity index (χ0n) is 17.5. The van der Waals surface area contributed by atoms with E-state index in [9.17, 15) is 9.59 Å². The minimum atomic E-state index is -0.645. The van der Waals surface area contributed by atoms with Crippen LogP contribution in [0.15, 0.2) is 42.5 Å². The van der Waals surface area contributed by atoms with Crippen LogP contribution in [-0.4, -0.2) is 39.2 Å². The quantitative estimate of drug-likeness (QED) is 0.643. The average molecular weight is 413 g/mol. The standard InChI is InChI=1S/C22H27N3O5/c1-13(15-10-17(28-2)20(30-4)18(11-15)29-3)23-22(27)16-12-19(26)25-21(24-16)14-8-6-5-7-9-14/h5-11,13,16,21,24H,12H2,1-4H3,(H,23,27)(H,25,26). The zero-order valence-corrected chi connectivity index (χ0v) is 17.5. The van der Waals surface area contributed by atoms with Crippen LogP contribution < -0.4 is 30.2 Å². The van der Waals surface area contributed by atoms with Crippen LogP contribution in [0.1, 0.15) is 36.7 Å². The van der Waals surface area contributed by atoms with Crippen LogP contribution in [0.3, 0.4) is 0 Å². The summed E-state index contributed by atoms with van der Waals surface area (Å²) in [4.78, 5) is 25.1. The molecule has 1 aliphatic rings. The second kappa shape index (κ2) is 9.49. The van der Waals surface area contributed by atoms with Crippen LogP contribution in [0.5, 0.6) is 17.2 Å². The van der Waals surface area contributed by atoms with Crippen molar-refractivity contribution in [3.63, 3.8) is 0 Å². The Morgan fingerprint density at radius 1 is 1.07 bits per heavy atom. The fourth-order valence-corrected chi connectivity index (χ4v) is 3.45. The molecule has 3 unspecified atom stereocenters. The molecule has 1 aliphatic heterocycles. The zero-order chi connectivity index (χ0) is 21.7. The van der Waals surface area contributed by atoms with Crippen LogP contribution in [-0.2, 0) is 9.59 Å². The van der Waals surface area contributed by atoms with E-state index in [-0.39, 0.29) is 24.3 Å². The third kappa shape index (κ3) is 4.65. The van der Waals surface area contributed by atoms with Gasteiger partial charge in [-0.15, -0.1) is 0 Å². The third-order valence-corrected chi connectivity index (χ3v) is 5.06. The maximum Gasteiger partial charge on any atom is 0.238 e. The SMILES string of the molecule is COc1cc(C(C)NC(=O)C2CC(=O)NC(c3ccccc3)N2)cc(OC)c1OC. The summed E-state index contributed by atoms with van der Waals surface area (Å²) < 4.78 is 16.1. The summed E-state index contributed by atoms with van der Waals surface area (Å²) in [7, 11) is 4.62. The lowest BCUT2D eigenvalue weighted by Gasteiger charge is -2.32. The minimum absolute atomic E-state index is 0.0666. The smallest absolute Gasteiger partial charge is 0.238 e. The summed E-state index contributed by atoms with van der Waals surface area (Å²) >= 11 is 0. The highest BCUT2D eigenvalue weighted by Crippen LogP contribution is 2.39. The number of methoxy groups -OCH3 is 3. The van der Waals surface area contributed by atoms with Crippen molar-refractivity contribution in [1.82, 2.24) is 16.0 Å². The Hall–Kier alpha value is -3.26. The lowest BCUT2D eigenvalue weighted by atomic mass is 10.0. The van der Waals surface area contributed by atoms with Crippen molar-refractivity contribution in [2.24, 2.45) is 0 Å². The first-order valence-corrected chi connectivity index (χ1v) is 9.67. The monoisotopic (exact) mass is 413 g/mol. The summed E-state index contributed by atoms with van der Waals surface area (Å²) in [5.41, 5.74) is 1.68. The van der Waals surface area contributed by atoms with Crippen molar-refractivity contribution < 1.29 is 23.8 Å². The molecule has 0 radical (unpaired) electrons. The molecule has 3 rings (SSSR count). The molecular formula is C22H27N3O5. The van der Waals surface area contributed by atoms with Gasteiger partial charge in [0.25, 0.3) is 0 Å². The number of rotatable bonds is 7. The first-order valence-electron chi connectivity index (χ1n) is 9.67.